The van der Waals surface area contributed by atoms with Crippen LogP contribution in [0.1, 0.15) is 18.9 Å². The Morgan fingerprint density at radius 2 is 1.95 bits per heavy atom. The zero-order valence-corrected chi connectivity index (χ0v) is 11.8. The topological polar surface area (TPSA) is 49.8 Å². The van der Waals surface area contributed by atoms with Crippen LogP contribution in [0.4, 0.5) is 17.3 Å². The molecule has 0 aliphatic carbocycles. The summed E-state index contributed by atoms with van der Waals surface area (Å²) >= 11 is 6.09. The van der Waals surface area contributed by atoms with Gasteiger partial charge < -0.3 is 10.6 Å². The summed E-state index contributed by atoms with van der Waals surface area (Å²) in [6, 6.07) is 7.71. The Hall–Kier alpha value is -1.81. The summed E-state index contributed by atoms with van der Waals surface area (Å²) in [5, 5.41) is 7.18. The predicted octanol–water partition coefficient (Wildman–Crippen LogP) is 4.00. The second kappa shape index (κ2) is 6.38. The highest BCUT2D eigenvalue weighted by molar-refractivity contribution is 6.31. The third kappa shape index (κ3) is 3.83. The Kier molecular flexibility index (Phi) is 4.58. The van der Waals surface area contributed by atoms with Gasteiger partial charge in [-0.25, -0.2) is 9.97 Å². The Labute approximate surface area is 118 Å². The van der Waals surface area contributed by atoms with Gasteiger partial charge in [0, 0.05) is 23.3 Å². The first kappa shape index (κ1) is 13.6. The zero-order valence-electron chi connectivity index (χ0n) is 11.1. The van der Waals surface area contributed by atoms with Crippen molar-refractivity contribution in [3.8, 4) is 0 Å². The molecule has 2 N–H and O–H groups in total. The molecule has 0 saturated heterocycles. The molecular formula is C14H17ClN4. The monoisotopic (exact) mass is 276 g/mol. The van der Waals surface area contributed by atoms with Crippen molar-refractivity contribution in [2.24, 2.45) is 0 Å². The average molecular weight is 277 g/mol. The molecule has 2 rings (SSSR count). The molecule has 0 aliphatic heterocycles. The van der Waals surface area contributed by atoms with Crippen LogP contribution < -0.4 is 10.6 Å². The van der Waals surface area contributed by atoms with E-state index in [-0.39, 0.29) is 0 Å². The van der Waals surface area contributed by atoms with Gasteiger partial charge in [-0.15, -0.1) is 0 Å². The molecule has 0 unspecified atom stereocenters. The number of hydrogen-bond acceptors (Lipinski definition) is 4. The second-order valence-electron chi connectivity index (χ2n) is 4.30. The molecule has 0 fully saturated rings. The van der Waals surface area contributed by atoms with Gasteiger partial charge in [0.05, 0.1) is 0 Å². The van der Waals surface area contributed by atoms with E-state index in [1.807, 2.05) is 31.2 Å². The molecule has 5 heteroatoms. The van der Waals surface area contributed by atoms with Gasteiger partial charge in [-0.05, 0) is 31.0 Å². The maximum absolute atomic E-state index is 6.09. The Balaban J connectivity index is 2.11. The largest absolute Gasteiger partial charge is 0.370 e. The van der Waals surface area contributed by atoms with Crippen LogP contribution in [0, 0.1) is 6.92 Å². The third-order valence-corrected chi connectivity index (χ3v) is 3.07. The number of benzene rings is 1. The summed E-state index contributed by atoms with van der Waals surface area (Å²) in [7, 11) is 0. The molecule has 0 atom stereocenters. The normalized spacial score (nSPS) is 10.3. The Morgan fingerprint density at radius 1 is 1.16 bits per heavy atom. The summed E-state index contributed by atoms with van der Waals surface area (Å²) < 4.78 is 0. The van der Waals surface area contributed by atoms with Crippen molar-refractivity contribution < 1.29 is 0 Å². The van der Waals surface area contributed by atoms with Gasteiger partial charge in [0.2, 0.25) is 0 Å². The predicted molar refractivity (Wildman–Crippen MR) is 80.3 cm³/mol. The highest BCUT2D eigenvalue weighted by atomic mass is 35.5. The first-order valence-corrected chi connectivity index (χ1v) is 6.66. The summed E-state index contributed by atoms with van der Waals surface area (Å²) in [5.74, 6) is 1.56. The minimum atomic E-state index is 0.739. The van der Waals surface area contributed by atoms with E-state index in [9.17, 15) is 0 Å². The first-order chi connectivity index (χ1) is 9.19. The van der Waals surface area contributed by atoms with Gasteiger partial charge in [0.1, 0.15) is 18.0 Å². The van der Waals surface area contributed by atoms with Crippen LogP contribution in [0.2, 0.25) is 5.02 Å². The van der Waals surface area contributed by atoms with E-state index in [4.69, 9.17) is 11.6 Å². The molecule has 0 bridgehead atoms. The average Bonchev–Trinajstić information content (AvgIpc) is 2.41. The van der Waals surface area contributed by atoms with E-state index in [0.29, 0.717) is 0 Å². The fraction of sp³-hybridized carbons (Fsp3) is 0.286. The Morgan fingerprint density at radius 3 is 2.68 bits per heavy atom. The van der Waals surface area contributed by atoms with Crippen molar-refractivity contribution >= 4 is 28.9 Å². The maximum Gasteiger partial charge on any atom is 0.135 e. The SMILES string of the molecule is CCCNc1cc(Nc2ccc(C)c(Cl)c2)ncn1. The molecule has 2 aromatic rings. The van der Waals surface area contributed by atoms with Gasteiger partial charge in [-0.3, -0.25) is 0 Å². The zero-order chi connectivity index (χ0) is 13.7. The lowest BCUT2D eigenvalue weighted by molar-refractivity contribution is 0.965. The van der Waals surface area contributed by atoms with Crippen LogP contribution in [-0.4, -0.2) is 16.5 Å². The van der Waals surface area contributed by atoms with Crippen LogP contribution in [-0.2, 0) is 0 Å². The molecule has 100 valence electrons. The van der Waals surface area contributed by atoms with Gasteiger partial charge >= 0.3 is 0 Å². The number of hydrogen-bond donors (Lipinski definition) is 2. The maximum atomic E-state index is 6.09. The molecule has 4 nitrogen and oxygen atoms in total. The standard InChI is InChI=1S/C14H17ClN4/c1-3-6-16-13-8-14(18-9-17-13)19-11-5-4-10(2)12(15)7-11/h4-5,7-9H,3,6H2,1-2H3,(H2,16,17,18,19). The van der Waals surface area contributed by atoms with Crippen molar-refractivity contribution in [3.63, 3.8) is 0 Å². The highest BCUT2D eigenvalue weighted by Gasteiger charge is 2.01. The van der Waals surface area contributed by atoms with E-state index < -0.39 is 0 Å². The smallest absolute Gasteiger partial charge is 0.135 e. The molecule has 0 saturated carbocycles. The molecule has 0 spiro atoms. The lowest BCUT2D eigenvalue weighted by Crippen LogP contribution is -2.03. The first-order valence-electron chi connectivity index (χ1n) is 6.28. The molecule has 1 aromatic heterocycles. The summed E-state index contributed by atoms with van der Waals surface area (Å²) in [6.45, 7) is 4.98. The number of nitrogens with zero attached hydrogens (tertiary/aromatic N) is 2. The fourth-order valence-corrected chi connectivity index (χ4v) is 1.77. The van der Waals surface area contributed by atoms with Crippen molar-refractivity contribution in [3.05, 3.63) is 41.2 Å². The lowest BCUT2D eigenvalue weighted by Gasteiger charge is -2.09. The fourth-order valence-electron chi connectivity index (χ4n) is 1.59. The van der Waals surface area contributed by atoms with E-state index in [1.54, 1.807) is 0 Å². The minimum Gasteiger partial charge on any atom is -0.370 e. The van der Waals surface area contributed by atoms with Crippen LogP contribution >= 0.6 is 11.6 Å². The van der Waals surface area contributed by atoms with Gasteiger partial charge in [0.25, 0.3) is 0 Å². The van der Waals surface area contributed by atoms with Crippen LogP contribution in [0.3, 0.4) is 0 Å². The number of anilines is 3. The summed E-state index contributed by atoms with van der Waals surface area (Å²) in [6.07, 6.45) is 2.59. The molecule has 1 aromatic carbocycles. The van der Waals surface area contributed by atoms with E-state index in [2.05, 4.69) is 27.5 Å². The van der Waals surface area contributed by atoms with Crippen LogP contribution in [0.25, 0.3) is 0 Å². The third-order valence-electron chi connectivity index (χ3n) is 2.67. The number of aromatic nitrogens is 2. The summed E-state index contributed by atoms with van der Waals surface area (Å²) in [5.41, 5.74) is 1.97. The number of rotatable bonds is 5. The summed E-state index contributed by atoms with van der Waals surface area (Å²) in [4.78, 5) is 8.35. The quantitative estimate of drug-likeness (QED) is 0.866. The molecule has 0 amide bonds. The van der Waals surface area contributed by atoms with E-state index in [0.717, 1.165) is 40.9 Å². The number of aryl methyl sites for hydroxylation is 1. The van der Waals surface area contributed by atoms with Crippen molar-refractivity contribution in [2.75, 3.05) is 17.2 Å². The van der Waals surface area contributed by atoms with Crippen LogP contribution in [0.5, 0.6) is 0 Å². The van der Waals surface area contributed by atoms with Gasteiger partial charge in [-0.1, -0.05) is 24.6 Å². The van der Waals surface area contributed by atoms with Gasteiger partial charge in [0.15, 0.2) is 0 Å². The number of halogens is 1. The molecule has 0 radical (unpaired) electrons. The highest BCUT2D eigenvalue weighted by Crippen LogP contribution is 2.22. The second-order valence-corrected chi connectivity index (χ2v) is 4.71. The molecule has 0 aliphatic rings. The number of nitrogens with one attached hydrogen (secondary N) is 2. The van der Waals surface area contributed by atoms with Crippen molar-refractivity contribution in [2.45, 2.75) is 20.3 Å². The van der Waals surface area contributed by atoms with Crippen molar-refractivity contribution in [1.82, 2.24) is 9.97 Å². The minimum absolute atomic E-state index is 0.739. The molecular weight excluding hydrogens is 260 g/mol. The lowest BCUT2D eigenvalue weighted by atomic mass is 10.2. The molecule has 1 heterocycles. The molecule has 19 heavy (non-hydrogen) atoms. The van der Waals surface area contributed by atoms with E-state index in [1.165, 1.54) is 6.33 Å². The van der Waals surface area contributed by atoms with Gasteiger partial charge in [-0.2, -0.15) is 0 Å². The Bertz CT molecular complexity index is 557. The van der Waals surface area contributed by atoms with Crippen molar-refractivity contribution in [1.29, 1.82) is 0 Å². The van der Waals surface area contributed by atoms with E-state index >= 15 is 0 Å². The van der Waals surface area contributed by atoms with Crippen LogP contribution in [0.15, 0.2) is 30.6 Å².